The number of ether oxygens (including phenoxy) is 1. The lowest BCUT2D eigenvalue weighted by Gasteiger charge is -2.33. The summed E-state index contributed by atoms with van der Waals surface area (Å²) in [5.74, 6) is 0.152. The number of rotatable bonds is 6. The molecule has 0 aromatic carbocycles. The maximum Gasteiger partial charge on any atom is 0.222 e. The molecule has 3 heterocycles. The van der Waals surface area contributed by atoms with Crippen molar-refractivity contribution in [1.29, 1.82) is 0 Å². The smallest absolute Gasteiger partial charge is 0.222 e. The first kappa shape index (κ1) is 18.3. The van der Waals surface area contributed by atoms with E-state index in [1.165, 1.54) is 6.33 Å². The van der Waals surface area contributed by atoms with E-state index >= 15 is 0 Å². The molecule has 1 aliphatic rings. The summed E-state index contributed by atoms with van der Waals surface area (Å²) in [5, 5.41) is 4.06. The van der Waals surface area contributed by atoms with Crippen LogP contribution in [0.4, 0.5) is 5.69 Å². The molecule has 26 heavy (non-hydrogen) atoms. The van der Waals surface area contributed by atoms with E-state index in [-0.39, 0.29) is 12.0 Å². The van der Waals surface area contributed by atoms with E-state index in [0.717, 1.165) is 23.5 Å². The molecule has 1 fully saturated rings. The number of aryl methyl sites for hydroxylation is 2. The van der Waals surface area contributed by atoms with E-state index in [0.29, 0.717) is 32.7 Å². The minimum absolute atomic E-state index is 0.152. The van der Waals surface area contributed by atoms with Crippen LogP contribution >= 0.6 is 0 Å². The van der Waals surface area contributed by atoms with Gasteiger partial charge in [-0.25, -0.2) is 4.98 Å². The number of anilines is 1. The van der Waals surface area contributed by atoms with Gasteiger partial charge >= 0.3 is 0 Å². The van der Waals surface area contributed by atoms with Gasteiger partial charge < -0.3 is 14.5 Å². The second-order valence-corrected chi connectivity index (χ2v) is 6.75. The lowest BCUT2D eigenvalue weighted by Crippen LogP contribution is -2.42. The molecule has 140 valence electrons. The van der Waals surface area contributed by atoms with E-state index in [4.69, 9.17) is 4.74 Å². The summed E-state index contributed by atoms with van der Waals surface area (Å²) in [6.07, 6.45) is 4.24. The van der Waals surface area contributed by atoms with Crippen LogP contribution < -0.4 is 4.90 Å². The van der Waals surface area contributed by atoms with Crippen molar-refractivity contribution >= 4 is 11.6 Å². The molecule has 2 aromatic heterocycles. The van der Waals surface area contributed by atoms with Crippen LogP contribution in [0.25, 0.3) is 0 Å². The number of nitrogens with zero attached hydrogens (tertiary/aromatic N) is 6. The Hall–Kier alpha value is -2.48. The number of hydrogen-bond donors (Lipinski definition) is 0. The summed E-state index contributed by atoms with van der Waals surface area (Å²) in [6.45, 7) is 4.39. The molecule has 3 rings (SSSR count). The van der Waals surface area contributed by atoms with Crippen molar-refractivity contribution in [3.8, 4) is 0 Å². The zero-order valence-electron chi connectivity index (χ0n) is 15.6. The van der Waals surface area contributed by atoms with Gasteiger partial charge in [0.05, 0.1) is 18.8 Å². The molecular formula is C18H26N6O2. The summed E-state index contributed by atoms with van der Waals surface area (Å²) >= 11 is 0. The Morgan fingerprint density at radius 1 is 1.38 bits per heavy atom. The Morgan fingerprint density at radius 2 is 2.23 bits per heavy atom. The normalized spacial score (nSPS) is 17.3. The highest BCUT2D eigenvalue weighted by atomic mass is 16.5. The van der Waals surface area contributed by atoms with Crippen LogP contribution in [0.15, 0.2) is 24.8 Å². The first-order valence-electron chi connectivity index (χ1n) is 8.90. The standard InChI is InChI=1S/C18H26N6O2/c1-14-9-15(22(2)3)10-16(21-14)17-11-23(7-8-26-17)18(25)5-4-6-24-13-19-12-20-24/h9-10,12-13,17H,4-8,11H2,1-3H3/t17-/m0/s1. The maximum absolute atomic E-state index is 12.5. The quantitative estimate of drug-likeness (QED) is 0.777. The van der Waals surface area contributed by atoms with Gasteiger partial charge in [0.15, 0.2) is 0 Å². The first-order valence-corrected chi connectivity index (χ1v) is 8.90. The fourth-order valence-electron chi connectivity index (χ4n) is 3.05. The molecule has 1 atom stereocenters. The van der Waals surface area contributed by atoms with Gasteiger partial charge in [-0.15, -0.1) is 0 Å². The number of amides is 1. The van der Waals surface area contributed by atoms with Crippen molar-refractivity contribution in [2.75, 3.05) is 38.7 Å². The monoisotopic (exact) mass is 358 g/mol. The van der Waals surface area contributed by atoms with Gasteiger partial charge in [0.2, 0.25) is 5.91 Å². The Kier molecular flexibility index (Phi) is 5.82. The van der Waals surface area contributed by atoms with E-state index in [2.05, 4.69) is 15.1 Å². The summed E-state index contributed by atoms with van der Waals surface area (Å²) in [4.78, 5) is 25.0. The van der Waals surface area contributed by atoms with Crippen LogP contribution in [-0.4, -0.2) is 64.3 Å². The first-order chi connectivity index (χ1) is 12.5. The second-order valence-electron chi connectivity index (χ2n) is 6.75. The molecule has 0 spiro atoms. The predicted molar refractivity (Wildman–Crippen MR) is 97.8 cm³/mol. The molecule has 0 saturated carbocycles. The maximum atomic E-state index is 12.5. The average molecular weight is 358 g/mol. The molecule has 0 bridgehead atoms. The zero-order chi connectivity index (χ0) is 18.5. The molecular weight excluding hydrogens is 332 g/mol. The summed E-state index contributed by atoms with van der Waals surface area (Å²) in [7, 11) is 4.01. The SMILES string of the molecule is Cc1cc(N(C)C)cc([C@@H]2CN(C(=O)CCCn3cncn3)CCO2)n1. The van der Waals surface area contributed by atoms with Crippen molar-refractivity contribution in [3.63, 3.8) is 0 Å². The number of hydrogen-bond acceptors (Lipinski definition) is 6. The van der Waals surface area contributed by atoms with Crippen LogP contribution in [0.5, 0.6) is 0 Å². The third-order valence-corrected chi connectivity index (χ3v) is 4.47. The molecule has 0 unspecified atom stereocenters. The molecule has 0 N–H and O–H groups in total. The van der Waals surface area contributed by atoms with Gasteiger partial charge in [-0.05, 0) is 25.5 Å². The highest BCUT2D eigenvalue weighted by molar-refractivity contribution is 5.76. The fourth-order valence-corrected chi connectivity index (χ4v) is 3.05. The Bertz CT molecular complexity index is 731. The topological polar surface area (TPSA) is 76.4 Å². The number of aromatic nitrogens is 4. The molecule has 0 aliphatic carbocycles. The Balaban J connectivity index is 1.59. The average Bonchev–Trinajstić information content (AvgIpc) is 3.14. The van der Waals surface area contributed by atoms with Crippen molar-refractivity contribution in [3.05, 3.63) is 36.2 Å². The van der Waals surface area contributed by atoms with Crippen molar-refractivity contribution in [2.24, 2.45) is 0 Å². The predicted octanol–water partition coefficient (Wildman–Crippen LogP) is 1.43. The molecule has 8 nitrogen and oxygen atoms in total. The lowest BCUT2D eigenvalue weighted by molar-refractivity contribution is -0.139. The third-order valence-electron chi connectivity index (χ3n) is 4.47. The zero-order valence-corrected chi connectivity index (χ0v) is 15.6. The number of carbonyl (C=O) groups is 1. The van der Waals surface area contributed by atoms with Crippen LogP contribution in [-0.2, 0) is 16.1 Å². The van der Waals surface area contributed by atoms with Crippen molar-refractivity contribution in [2.45, 2.75) is 32.4 Å². The van der Waals surface area contributed by atoms with E-state index in [1.54, 1.807) is 11.0 Å². The van der Waals surface area contributed by atoms with Crippen molar-refractivity contribution < 1.29 is 9.53 Å². The van der Waals surface area contributed by atoms with E-state index in [1.807, 2.05) is 43.0 Å². The molecule has 1 amide bonds. The highest BCUT2D eigenvalue weighted by Crippen LogP contribution is 2.25. The molecule has 2 aromatic rings. The lowest BCUT2D eigenvalue weighted by atomic mass is 10.1. The van der Waals surface area contributed by atoms with E-state index in [9.17, 15) is 4.79 Å². The Morgan fingerprint density at radius 3 is 2.96 bits per heavy atom. The van der Waals surface area contributed by atoms with Gasteiger partial charge in [0.1, 0.15) is 18.8 Å². The van der Waals surface area contributed by atoms with Crippen LogP contribution in [0.3, 0.4) is 0 Å². The fraction of sp³-hybridized carbons (Fsp3) is 0.556. The van der Waals surface area contributed by atoms with Crippen molar-refractivity contribution in [1.82, 2.24) is 24.6 Å². The number of morpholine rings is 1. The summed E-state index contributed by atoms with van der Waals surface area (Å²) < 4.78 is 7.65. The van der Waals surface area contributed by atoms with Gasteiger partial charge in [-0.2, -0.15) is 5.10 Å². The van der Waals surface area contributed by atoms with Gasteiger partial charge in [-0.3, -0.25) is 14.5 Å². The molecule has 0 radical (unpaired) electrons. The second kappa shape index (κ2) is 8.27. The van der Waals surface area contributed by atoms with Crippen LogP contribution in [0, 0.1) is 6.92 Å². The van der Waals surface area contributed by atoms with E-state index < -0.39 is 0 Å². The summed E-state index contributed by atoms with van der Waals surface area (Å²) in [5.41, 5.74) is 2.92. The van der Waals surface area contributed by atoms with Gasteiger partial charge in [0.25, 0.3) is 0 Å². The van der Waals surface area contributed by atoms with Gasteiger partial charge in [-0.1, -0.05) is 0 Å². The van der Waals surface area contributed by atoms with Gasteiger partial charge in [0, 0.05) is 45.0 Å². The molecule has 8 heteroatoms. The largest absolute Gasteiger partial charge is 0.378 e. The van der Waals surface area contributed by atoms with Crippen LogP contribution in [0.2, 0.25) is 0 Å². The minimum Gasteiger partial charge on any atom is -0.378 e. The Labute approximate surface area is 153 Å². The third kappa shape index (κ3) is 4.57. The molecule has 1 saturated heterocycles. The summed E-state index contributed by atoms with van der Waals surface area (Å²) in [6, 6.07) is 4.08. The number of carbonyl (C=O) groups excluding carboxylic acids is 1. The van der Waals surface area contributed by atoms with Crippen LogP contribution in [0.1, 0.15) is 30.3 Å². The number of pyridine rings is 1. The minimum atomic E-state index is -0.179. The highest BCUT2D eigenvalue weighted by Gasteiger charge is 2.26. The molecule has 1 aliphatic heterocycles.